The van der Waals surface area contributed by atoms with E-state index in [9.17, 15) is 0 Å². The van der Waals surface area contributed by atoms with E-state index in [1.807, 2.05) is 30.7 Å². The highest BCUT2D eigenvalue weighted by atomic mass is 79.9. The summed E-state index contributed by atoms with van der Waals surface area (Å²) in [4.78, 5) is 4.25. The molecule has 0 N–H and O–H groups in total. The highest BCUT2D eigenvalue weighted by molar-refractivity contribution is 9.10. The molecule has 17 heavy (non-hydrogen) atoms. The van der Waals surface area contributed by atoms with Gasteiger partial charge in [-0.25, -0.2) is 9.67 Å². The van der Waals surface area contributed by atoms with Crippen molar-refractivity contribution >= 4 is 15.9 Å². The van der Waals surface area contributed by atoms with Gasteiger partial charge >= 0.3 is 0 Å². The van der Waals surface area contributed by atoms with E-state index in [0.717, 1.165) is 21.7 Å². The molecule has 0 aliphatic carbocycles. The number of benzene rings is 1. The Hall–Kier alpha value is -1.67. The summed E-state index contributed by atoms with van der Waals surface area (Å²) in [7, 11) is 0. The summed E-state index contributed by atoms with van der Waals surface area (Å²) in [6, 6.07) is 7.66. The Morgan fingerprint density at radius 1 is 1.41 bits per heavy atom. The van der Waals surface area contributed by atoms with Gasteiger partial charge in [-0.15, -0.1) is 0 Å². The van der Waals surface area contributed by atoms with Crippen LogP contribution in [0.3, 0.4) is 0 Å². The van der Waals surface area contributed by atoms with Gasteiger partial charge < -0.3 is 0 Å². The molecule has 0 amide bonds. The van der Waals surface area contributed by atoms with Gasteiger partial charge in [0.1, 0.15) is 11.6 Å². The third kappa shape index (κ3) is 2.53. The minimum absolute atomic E-state index is 0.645. The van der Waals surface area contributed by atoms with Crippen LogP contribution in [-0.4, -0.2) is 14.8 Å². The molecule has 1 aromatic carbocycles. The smallest absolute Gasteiger partial charge is 0.147 e. The third-order valence-corrected chi connectivity index (χ3v) is 3.20. The molecule has 2 aromatic rings. The molecule has 86 valence electrons. The minimum atomic E-state index is 0.645. The van der Waals surface area contributed by atoms with Crippen LogP contribution in [0, 0.1) is 25.2 Å². The molecule has 0 unspecified atom stereocenters. The largest absolute Gasteiger partial charge is 0.246 e. The second-order valence-corrected chi connectivity index (χ2v) is 4.64. The van der Waals surface area contributed by atoms with Crippen molar-refractivity contribution < 1.29 is 0 Å². The first-order valence-electron chi connectivity index (χ1n) is 5.16. The number of hydrogen-bond acceptors (Lipinski definition) is 3. The summed E-state index contributed by atoms with van der Waals surface area (Å²) in [6.07, 6.45) is 0. The number of aryl methyl sites for hydroxylation is 2. The SMILES string of the molecule is Cc1nc(C)n(Cc2ccc(C#N)cc2Br)n1. The fraction of sp³-hybridized carbons (Fsp3) is 0.250. The first kappa shape index (κ1) is 11.8. The molecule has 5 heteroatoms. The highest BCUT2D eigenvalue weighted by Gasteiger charge is 2.06. The predicted octanol–water partition coefficient (Wildman–Crippen LogP) is 2.58. The maximum atomic E-state index is 8.79. The molecule has 2 rings (SSSR count). The van der Waals surface area contributed by atoms with Crippen LogP contribution in [0.25, 0.3) is 0 Å². The lowest BCUT2D eigenvalue weighted by molar-refractivity contribution is 0.654. The molecule has 0 bridgehead atoms. The molecular formula is C12H11BrN4. The molecule has 0 saturated heterocycles. The number of hydrogen-bond donors (Lipinski definition) is 0. The van der Waals surface area contributed by atoms with Gasteiger partial charge in [-0.3, -0.25) is 0 Å². The van der Waals surface area contributed by atoms with Gasteiger partial charge in [-0.2, -0.15) is 10.4 Å². The van der Waals surface area contributed by atoms with Crippen molar-refractivity contribution in [2.45, 2.75) is 20.4 Å². The minimum Gasteiger partial charge on any atom is -0.246 e. The maximum Gasteiger partial charge on any atom is 0.147 e. The molecule has 4 nitrogen and oxygen atoms in total. The number of nitrogens with zero attached hydrogens (tertiary/aromatic N) is 4. The second-order valence-electron chi connectivity index (χ2n) is 3.78. The molecule has 0 atom stereocenters. The lowest BCUT2D eigenvalue weighted by Crippen LogP contribution is -2.04. The van der Waals surface area contributed by atoms with E-state index in [1.54, 1.807) is 6.07 Å². The van der Waals surface area contributed by atoms with Gasteiger partial charge in [0.2, 0.25) is 0 Å². The van der Waals surface area contributed by atoms with E-state index in [4.69, 9.17) is 5.26 Å². The standard InChI is InChI=1S/C12H11BrN4/c1-8-15-9(2)17(16-8)7-11-4-3-10(6-14)5-12(11)13/h3-5H,7H2,1-2H3. The van der Waals surface area contributed by atoms with E-state index in [1.165, 1.54) is 0 Å². The molecule has 0 radical (unpaired) electrons. The molecule has 0 aliphatic heterocycles. The molecule has 0 spiro atoms. The van der Waals surface area contributed by atoms with Crippen molar-refractivity contribution in [2.75, 3.05) is 0 Å². The van der Waals surface area contributed by atoms with Gasteiger partial charge in [-0.05, 0) is 31.5 Å². The maximum absolute atomic E-state index is 8.79. The topological polar surface area (TPSA) is 54.5 Å². The highest BCUT2D eigenvalue weighted by Crippen LogP contribution is 2.19. The van der Waals surface area contributed by atoms with Gasteiger partial charge in [0.25, 0.3) is 0 Å². The average Bonchev–Trinajstić information content (AvgIpc) is 2.60. The lowest BCUT2D eigenvalue weighted by atomic mass is 10.1. The number of aromatic nitrogens is 3. The van der Waals surface area contributed by atoms with Gasteiger partial charge in [0, 0.05) is 4.47 Å². The van der Waals surface area contributed by atoms with Gasteiger partial charge in [0.05, 0.1) is 18.2 Å². The zero-order valence-electron chi connectivity index (χ0n) is 9.61. The van der Waals surface area contributed by atoms with E-state index >= 15 is 0 Å². The van der Waals surface area contributed by atoms with Crippen molar-refractivity contribution in [1.82, 2.24) is 14.8 Å². The van der Waals surface area contributed by atoms with Gasteiger partial charge in [-0.1, -0.05) is 22.0 Å². The fourth-order valence-corrected chi connectivity index (χ4v) is 2.12. The van der Waals surface area contributed by atoms with Crippen LogP contribution in [0.15, 0.2) is 22.7 Å². The number of rotatable bonds is 2. The average molecular weight is 291 g/mol. The van der Waals surface area contributed by atoms with Crippen molar-refractivity contribution in [2.24, 2.45) is 0 Å². The van der Waals surface area contributed by atoms with Crippen molar-refractivity contribution in [3.63, 3.8) is 0 Å². The van der Waals surface area contributed by atoms with Crippen LogP contribution in [-0.2, 0) is 6.54 Å². The molecule has 1 aromatic heterocycles. The first-order chi connectivity index (χ1) is 8.10. The van der Waals surface area contributed by atoms with E-state index < -0.39 is 0 Å². The Morgan fingerprint density at radius 3 is 2.71 bits per heavy atom. The summed E-state index contributed by atoms with van der Waals surface area (Å²) in [5.74, 6) is 1.66. The Kier molecular flexibility index (Phi) is 3.25. The Labute approximate surface area is 108 Å². The monoisotopic (exact) mass is 290 g/mol. The summed E-state index contributed by atoms with van der Waals surface area (Å²) in [5.41, 5.74) is 1.73. The van der Waals surface area contributed by atoms with Gasteiger partial charge in [0.15, 0.2) is 0 Å². The Bertz CT molecular complexity index is 595. The van der Waals surface area contributed by atoms with E-state index in [2.05, 4.69) is 32.1 Å². The van der Waals surface area contributed by atoms with Crippen molar-refractivity contribution in [1.29, 1.82) is 5.26 Å². The Balaban J connectivity index is 2.31. The van der Waals surface area contributed by atoms with E-state index in [0.29, 0.717) is 12.1 Å². The third-order valence-electron chi connectivity index (χ3n) is 2.46. The van der Waals surface area contributed by atoms with Crippen LogP contribution >= 0.6 is 15.9 Å². The summed E-state index contributed by atoms with van der Waals surface area (Å²) in [6.45, 7) is 4.45. The van der Waals surface area contributed by atoms with Crippen LogP contribution in [0.1, 0.15) is 22.8 Å². The molecule has 0 fully saturated rings. The first-order valence-corrected chi connectivity index (χ1v) is 5.96. The van der Waals surface area contributed by atoms with Crippen LogP contribution < -0.4 is 0 Å². The molecular weight excluding hydrogens is 280 g/mol. The zero-order valence-corrected chi connectivity index (χ0v) is 11.2. The lowest BCUT2D eigenvalue weighted by Gasteiger charge is -2.06. The summed E-state index contributed by atoms with van der Waals surface area (Å²) < 4.78 is 2.77. The predicted molar refractivity (Wildman–Crippen MR) is 67.5 cm³/mol. The quantitative estimate of drug-likeness (QED) is 0.854. The zero-order chi connectivity index (χ0) is 12.4. The molecule has 0 aliphatic rings. The van der Waals surface area contributed by atoms with Crippen LogP contribution in [0.4, 0.5) is 0 Å². The van der Waals surface area contributed by atoms with Crippen molar-refractivity contribution in [3.05, 3.63) is 45.4 Å². The summed E-state index contributed by atoms with van der Waals surface area (Å²) in [5, 5.41) is 13.1. The Morgan fingerprint density at radius 2 is 2.18 bits per heavy atom. The van der Waals surface area contributed by atoms with E-state index in [-0.39, 0.29) is 0 Å². The van der Waals surface area contributed by atoms with Crippen molar-refractivity contribution in [3.8, 4) is 6.07 Å². The molecule has 0 saturated carbocycles. The molecule has 1 heterocycles. The summed E-state index contributed by atoms with van der Waals surface area (Å²) >= 11 is 3.46. The number of nitriles is 1. The normalized spacial score (nSPS) is 10.2. The number of halogens is 1. The second kappa shape index (κ2) is 4.68. The van der Waals surface area contributed by atoms with Crippen LogP contribution in [0.5, 0.6) is 0 Å². The fourth-order valence-electron chi connectivity index (χ4n) is 1.62. The van der Waals surface area contributed by atoms with Crippen LogP contribution in [0.2, 0.25) is 0 Å².